The lowest BCUT2D eigenvalue weighted by Gasteiger charge is -2.31. The lowest BCUT2D eigenvalue weighted by Crippen LogP contribution is -2.60. The number of carboxylic acid groups (broad SMARTS) is 1. The summed E-state index contributed by atoms with van der Waals surface area (Å²) >= 11 is 5.52. The number of nitrogens with one attached hydrogen (secondary N) is 11. The molecule has 1 heterocycles. The van der Waals surface area contributed by atoms with Gasteiger partial charge in [-0.25, -0.2) is 4.79 Å². The summed E-state index contributed by atoms with van der Waals surface area (Å²) in [7, 11) is 0. The van der Waals surface area contributed by atoms with Crippen LogP contribution in [0.3, 0.4) is 0 Å². The van der Waals surface area contributed by atoms with E-state index >= 15 is 0 Å². The number of hydrogen-bond donors (Lipinski definition) is 19. The Labute approximate surface area is 567 Å². The predicted octanol–water partition coefficient (Wildman–Crippen LogP) is -6.57. The van der Waals surface area contributed by atoms with E-state index in [4.69, 9.17) is 34.4 Å². The van der Waals surface area contributed by atoms with Crippen molar-refractivity contribution < 1.29 is 81.8 Å². The number of amides is 15. The first-order valence-electron chi connectivity index (χ1n) is 31.5. The minimum Gasteiger partial charge on any atom is -0.480 e. The van der Waals surface area contributed by atoms with E-state index in [1.165, 1.54) is 44.4 Å². The van der Waals surface area contributed by atoms with Gasteiger partial charge in [0.05, 0.1) is 6.04 Å². The molecule has 0 radical (unpaired) electrons. The fraction of sp³-hybridized carbons (Fsp3) is 0.707. The van der Waals surface area contributed by atoms with Crippen LogP contribution in [0, 0.1) is 11.8 Å². The molecule has 1 aliphatic heterocycles. The van der Waals surface area contributed by atoms with Crippen molar-refractivity contribution >= 4 is 125 Å². The number of nitrogens with zero attached hydrogens (tertiary/aromatic N) is 2. The molecule has 1 fully saturated rings. The van der Waals surface area contributed by atoms with E-state index in [-0.39, 0.29) is 101 Å². The zero-order valence-corrected chi connectivity index (χ0v) is 57.6. The molecule has 0 aromatic heterocycles. The molecule has 0 bridgehead atoms. The smallest absolute Gasteiger partial charge is 0.326 e. The maximum absolute atomic E-state index is 14.5. The number of nitrogens with two attached hydrogens (primary N) is 6. The summed E-state index contributed by atoms with van der Waals surface area (Å²) in [5.41, 5.74) is 32.3. The molecule has 13 atom stereocenters. The Morgan fingerprint density at radius 2 is 0.844 bits per heavy atom. The Kier molecular flexibility index (Phi) is 38.7. The number of carbonyl (C=O) groups is 16. The molecule has 96 heavy (non-hydrogen) atoms. The summed E-state index contributed by atoms with van der Waals surface area (Å²) in [6.07, 6.45) is 0.197. The number of likely N-dealkylation sites (tertiary alicyclic amines) is 1. The average Bonchev–Trinajstić information content (AvgIpc) is 1.61. The number of primary amides is 3. The summed E-state index contributed by atoms with van der Waals surface area (Å²) in [5, 5.41) is 37.1. The molecule has 0 aromatic rings. The number of aliphatic imine (C=N–C) groups is 1. The highest BCUT2D eigenvalue weighted by molar-refractivity contribution is 7.98. The van der Waals surface area contributed by atoms with E-state index in [1.807, 2.05) is 0 Å². The number of guanidine groups is 1. The highest BCUT2D eigenvalue weighted by Crippen LogP contribution is 2.21. The fourth-order valence-electron chi connectivity index (χ4n) is 9.44. The lowest BCUT2D eigenvalue weighted by molar-refractivity contribution is -0.143. The van der Waals surface area contributed by atoms with Crippen molar-refractivity contribution in [3.63, 3.8) is 0 Å². The van der Waals surface area contributed by atoms with Gasteiger partial charge in [-0.2, -0.15) is 24.4 Å². The van der Waals surface area contributed by atoms with Crippen LogP contribution in [0.25, 0.3) is 0 Å². The molecule has 24 N–H and O–H groups in total. The average molecular weight is 1400 g/mol. The van der Waals surface area contributed by atoms with Crippen LogP contribution in [0.1, 0.15) is 139 Å². The highest BCUT2D eigenvalue weighted by Gasteiger charge is 2.41. The van der Waals surface area contributed by atoms with Crippen LogP contribution in [-0.2, 0) is 76.7 Å². The lowest BCUT2D eigenvalue weighted by atomic mass is 10.0. The fourth-order valence-corrected chi connectivity index (χ4v) is 10.2. The predicted molar refractivity (Wildman–Crippen MR) is 355 cm³/mol. The van der Waals surface area contributed by atoms with E-state index in [1.54, 1.807) is 34.0 Å². The number of rotatable bonds is 45. The van der Waals surface area contributed by atoms with Crippen LogP contribution in [-0.4, -0.2) is 220 Å². The molecule has 0 aromatic carbocycles. The summed E-state index contributed by atoms with van der Waals surface area (Å²) in [4.78, 5) is 216. The quantitative estimate of drug-likeness (QED) is 0.0117. The monoisotopic (exact) mass is 1400 g/mol. The second-order valence-corrected chi connectivity index (χ2v) is 25.5. The molecular formula is C58H101N19O17S2. The molecule has 0 unspecified atom stereocenters. The molecule has 15 amide bonds. The molecule has 1 aliphatic rings. The van der Waals surface area contributed by atoms with Crippen molar-refractivity contribution in [1.29, 1.82) is 0 Å². The molecule has 0 spiro atoms. The van der Waals surface area contributed by atoms with Crippen LogP contribution in [0.2, 0.25) is 0 Å². The summed E-state index contributed by atoms with van der Waals surface area (Å²) < 4.78 is 0. The number of thioether (sulfide) groups is 1. The first-order valence-corrected chi connectivity index (χ1v) is 33.5. The zero-order chi connectivity index (χ0) is 73.3. The minimum absolute atomic E-state index is 0.0149. The van der Waals surface area contributed by atoms with Gasteiger partial charge in [0.25, 0.3) is 0 Å². The number of aliphatic carboxylic acids is 1. The Bertz CT molecular complexity index is 2780. The SMILES string of the molecule is CSCC[C@H](NC(=O)[C@H](C)NC(=O)[C@@H]1CCCN1C(=O)[C@H](CC(C)C)NC(=O)[C@H](CCC(N)=O)NC(=O)[C@H](C)NC(=O)[C@H](C)NC(=O)[C@H](CC(C)C)NC(=O)[C@H](CCC(N)=O)NC(=O)[C@H](CCC(N)=O)NC(=O)[C@H](C)N)C(=O)N[C@@H](CS)C(=O)N[C@@H](CCCN=C(N)N)C(=O)O. The van der Waals surface area contributed by atoms with Gasteiger partial charge in [-0.15, -0.1) is 0 Å². The highest BCUT2D eigenvalue weighted by atomic mass is 32.2. The molecule has 38 heteroatoms. The molecule has 1 saturated heterocycles. The molecule has 0 saturated carbocycles. The Balaban J connectivity index is 3.26. The standard InChI is InChI=1S/C58H101N19O17S2/c1-27(2)24-38(74-50(86)35(16-19-44(62)80)72-49(85)33(14-17-42(60)78)69-45(81)29(5)59)53(89)67-30(6)46(82)66-31(7)47(83)70-34(15-18-43(61)79)51(87)75-39(25-28(3)4)56(92)77-22-11-13-41(77)55(91)68-32(8)48(84)71-36(20-23-96-9)52(88)76-40(26-95)54(90)73-37(57(93)94)12-10-21-65-58(63)64/h27-41,95H,10-26,59H2,1-9H3,(H2,60,78)(H2,61,79)(H2,62,80)(H,66,82)(H,67,89)(H,68,91)(H,69,81)(H,70,83)(H,71,84)(H,72,85)(H,73,90)(H,74,86)(H,75,87)(H,76,88)(H,93,94)(H4,63,64,65)/t29-,30-,31-,32-,33-,34-,35-,36-,37-,38-,39-,40-,41-/m0/s1. The van der Waals surface area contributed by atoms with E-state index < -0.39 is 186 Å². The second-order valence-electron chi connectivity index (χ2n) is 24.2. The third kappa shape index (κ3) is 32.3. The third-order valence-electron chi connectivity index (χ3n) is 14.7. The Hall–Kier alpha value is -8.55. The molecule has 36 nitrogen and oxygen atoms in total. The maximum atomic E-state index is 14.5. The van der Waals surface area contributed by atoms with Crippen molar-refractivity contribution in [3.05, 3.63) is 0 Å². The van der Waals surface area contributed by atoms with Gasteiger partial charge in [0.15, 0.2) is 5.96 Å². The van der Waals surface area contributed by atoms with Gasteiger partial charge < -0.3 is 103 Å². The molecule has 542 valence electrons. The molecule has 1 rings (SSSR count). The van der Waals surface area contributed by atoms with Gasteiger partial charge >= 0.3 is 5.97 Å². The van der Waals surface area contributed by atoms with E-state index in [0.717, 1.165) is 0 Å². The number of thiol groups is 1. The van der Waals surface area contributed by atoms with Crippen LogP contribution in [0.15, 0.2) is 4.99 Å². The second kappa shape index (κ2) is 43.5. The molecular weight excluding hydrogens is 1300 g/mol. The largest absolute Gasteiger partial charge is 0.480 e. The van der Waals surface area contributed by atoms with Gasteiger partial charge in [0.1, 0.15) is 72.5 Å². The number of carbonyl (C=O) groups excluding carboxylic acids is 15. The zero-order valence-electron chi connectivity index (χ0n) is 55.9. The van der Waals surface area contributed by atoms with Gasteiger partial charge in [0.2, 0.25) is 88.6 Å². The van der Waals surface area contributed by atoms with E-state index in [0.29, 0.717) is 12.2 Å². The van der Waals surface area contributed by atoms with Gasteiger partial charge in [-0.3, -0.25) is 76.9 Å². The van der Waals surface area contributed by atoms with Gasteiger partial charge in [0, 0.05) is 38.1 Å². The van der Waals surface area contributed by atoms with Crippen molar-refractivity contribution in [2.75, 3.05) is 30.9 Å². The van der Waals surface area contributed by atoms with Crippen molar-refractivity contribution in [3.8, 4) is 0 Å². The van der Waals surface area contributed by atoms with Crippen molar-refractivity contribution in [2.24, 2.45) is 51.2 Å². The van der Waals surface area contributed by atoms with E-state index in [2.05, 4.69) is 76.1 Å². The Morgan fingerprint density at radius 3 is 1.27 bits per heavy atom. The minimum atomic E-state index is -1.54. The number of carboxylic acids is 1. The summed E-state index contributed by atoms with van der Waals surface area (Å²) in [6, 6.07) is -17.5. The summed E-state index contributed by atoms with van der Waals surface area (Å²) in [5.74, 6) is -14.8. The normalized spacial score (nSPS) is 16.4. The van der Waals surface area contributed by atoms with Crippen LogP contribution in [0.4, 0.5) is 0 Å². The van der Waals surface area contributed by atoms with E-state index in [9.17, 15) is 81.8 Å². The first-order chi connectivity index (χ1) is 44.8. The molecule has 0 aliphatic carbocycles. The van der Waals surface area contributed by atoms with Crippen LogP contribution >= 0.6 is 24.4 Å². The van der Waals surface area contributed by atoms with Crippen LogP contribution in [0.5, 0.6) is 0 Å². The van der Waals surface area contributed by atoms with Crippen molar-refractivity contribution in [2.45, 2.75) is 217 Å². The van der Waals surface area contributed by atoms with Crippen molar-refractivity contribution in [1.82, 2.24) is 63.4 Å². The third-order valence-corrected chi connectivity index (χ3v) is 15.7. The maximum Gasteiger partial charge on any atom is 0.326 e. The van der Waals surface area contributed by atoms with Gasteiger partial charge in [-0.05, 0) is 116 Å². The van der Waals surface area contributed by atoms with Crippen LogP contribution < -0.4 is 92.9 Å². The van der Waals surface area contributed by atoms with Gasteiger partial charge in [-0.1, -0.05) is 27.7 Å². The first kappa shape index (κ1) is 85.5. The number of hydrogen-bond acceptors (Lipinski definition) is 20. The summed E-state index contributed by atoms with van der Waals surface area (Å²) in [6.45, 7) is 12.3. The topological polar surface area (TPSA) is 597 Å². The Morgan fingerprint density at radius 1 is 0.479 bits per heavy atom.